The van der Waals surface area contributed by atoms with Gasteiger partial charge in [-0.2, -0.15) is 0 Å². The maximum Gasteiger partial charge on any atom is 2.00 e. The van der Waals surface area contributed by atoms with Crippen molar-refractivity contribution in [3.8, 4) is 0 Å². The van der Waals surface area contributed by atoms with E-state index in [4.69, 9.17) is 51.1 Å². The SMILES string of the molecule is CCCN(C)C.CN(C)CCO.CN(C)CO.O.O.O=C(O)c1ccccc1.O=C(O)c1ccccc1.OC(O)c1ccccc1.OC(O)c1ccccc1.OC(O)c1ccccc1.[CH3-].[CH3-].[CH3-].[CH3-].[Zn+2].[Zn].[Zn].[Zn].c1ccccc1. The summed E-state index contributed by atoms with van der Waals surface area (Å²) in [4.78, 5) is 26.2. The Kier molecular flexibility index (Phi) is 103. The summed E-state index contributed by atoms with van der Waals surface area (Å²) in [5.41, 5.74) is 2.24. The van der Waals surface area contributed by atoms with Crippen molar-refractivity contribution in [2.75, 3.05) is 68.7 Å². The maximum absolute atomic E-state index is 10.2. The number of hydrogen-bond acceptors (Lipinski definition) is 13. The third kappa shape index (κ3) is 74.3. The van der Waals surface area contributed by atoms with Gasteiger partial charge in [-0.05, 0) is 79.5 Å². The zero-order valence-corrected chi connectivity index (χ0v) is 60.0. The Labute approximate surface area is 518 Å². The Balaban J connectivity index is -0.0000000549. The molecule has 0 amide bonds. The van der Waals surface area contributed by atoms with Crippen molar-refractivity contribution >= 4 is 11.9 Å². The first-order valence-corrected chi connectivity index (χ1v) is 21.3. The Morgan fingerprint density at radius 1 is 0.385 bits per heavy atom. The molecule has 0 aliphatic carbocycles. The van der Waals surface area contributed by atoms with Crippen LogP contribution in [0.25, 0.3) is 0 Å². The molecule has 0 atom stereocenters. The van der Waals surface area contributed by atoms with E-state index in [0.29, 0.717) is 27.8 Å². The first-order valence-electron chi connectivity index (χ1n) is 21.3. The molecule has 21 heteroatoms. The summed E-state index contributed by atoms with van der Waals surface area (Å²) in [6.45, 7) is 4.55. The van der Waals surface area contributed by atoms with Gasteiger partial charge in [0.25, 0.3) is 0 Å². The molecule has 14 N–H and O–H groups in total. The normalized spacial score (nSPS) is 8.32. The predicted molar refractivity (Wildman–Crippen MR) is 302 cm³/mol. The number of carbonyl (C=O) groups is 2. The van der Waals surface area contributed by atoms with Gasteiger partial charge in [0.2, 0.25) is 0 Å². The van der Waals surface area contributed by atoms with Crippen molar-refractivity contribution in [2.45, 2.75) is 32.2 Å². The Morgan fingerprint density at radius 2 is 0.564 bits per heavy atom. The van der Waals surface area contributed by atoms with Gasteiger partial charge in [0.1, 0.15) is 0 Å². The minimum atomic E-state index is -1.34. The van der Waals surface area contributed by atoms with Crippen LogP contribution in [0.4, 0.5) is 0 Å². The van der Waals surface area contributed by atoms with E-state index >= 15 is 0 Å². The molecule has 6 aromatic carbocycles. The van der Waals surface area contributed by atoms with Crippen LogP contribution in [-0.4, -0.2) is 157 Å². The van der Waals surface area contributed by atoms with E-state index in [1.165, 1.54) is 13.0 Å². The minimum absolute atomic E-state index is 0. The van der Waals surface area contributed by atoms with Gasteiger partial charge < -0.3 is 102 Å². The second kappa shape index (κ2) is 75.3. The van der Waals surface area contributed by atoms with Crippen LogP contribution in [0.15, 0.2) is 188 Å². The molecule has 0 aromatic heterocycles. The average molecular weight is 1300 g/mol. The molecular weight excluding hydrogens is 1210 g/mol. The van der Waals surface area contributed by atoms with E-state index in [0.717, 1.165) is 6.54 Å². The molecule has 0 saturated carbocycles. The summed E-state index contributed by atoms with van der Waals surface area (Å²) < 4.78 is 0. The Morgan fingerprint density at radius 3 is 0.641 bits per heavy atom. The van der Waals surface area contributed by atoms with E-state index in [1.54, 1.807) is 152 Å². The summed E-state index contributed by atoms with van der Waals surface area (Å²) in [6, 6.07) is 54.6. The van der Waals surface area contributed by atoms with Crippen molar-refractivity contribution in [1.29, 1.82) is 0 Å². The summed E-state index contributed by atoms with van der Waals surface area (Å²) in [5.74, 6) is -1.76. The number of likely N-dealkylation sites (N-methyl/N-ethyl adjacent to an activating group) is 1. The third-order valence-corrected chi connectivity index (χ3v) is 7.50. The van der Waals surface area contributed by atoms with Crippen molar-refractivity contribution in [1.82, 2.24) is 14.7 Å². The number of aliphatic hydroxyl groups is 8. The van der Waals surface area contributed by atoms with Crippen molar-refractivity contribution < 1.29 is 150 Å². The fraction of sp³-hybridized carbons (Fsp3) is 0.263. The molecule has 0 spiro atoms. The van der Waals surface area contributed by atoms with E-state index in [1.807, 2.05) is 73.6 Å². The van der Waals surface area contributed by atoms with Gasteiger partial charge in [-0.15, -0.1) is 0 Å². The van der Waals surface area contributed by atoms with Gasteiger partial charge in [0.05, 0.1) is 24.5 Å². The maximum atomic E-state index is 10.2. The van der Waals surface area contributed by atoms with E-state index in [2.05, 4.69) is 25.9 Å². The number of rotatable bonds is 10. The predicted octanol–water partition coefficient (Wildman–Crippen LogP) is 6.60. The summed E-state index contributed by atoms with van der Waals surface area (Å²) >= 11 is 0. The molecule has 0 radical (unpaired) electrons. The van der Waals surface area contributed by atoms with Crippen molar-refractivity contribution in [3.05, 3.63) is 246 Å². The molecule has 0 aliphatic heterocycles. The summed E-state index contributed by atoms with van der Waals surface area (Å²) in [6.07, 6.45) is -2.77. The number of aromatic carboxylic acids is 2. The van der Waals surface area contributed by atoms with E-state index in [-0.39, 0.29) is 132 Å². The first-order chi connectivity index (χ1) is 32.3. The molecular formula is C57H91N3O14Zn4-2. The molecule has 0 bridgehead atoms. The molecule has 6 rings (SSSR count). The molecule has 0 fully saturated rings. The average Bonchev–Trinajstić information content (AvgIpc) is 3.35. The smallest absolute Gasteiger partial charge is 0.478 e. The molecule has 0 aliphatic rings. The number of hydrogen-bond donors (Lipinski definition) is 10. The van der Waals surface area contributed by atoms with Crippen LogP contribution in [0.2, 0.25) is 0 Å². The van der Waals surface area contributed by atoms with Gasteiger partial charge in [-0.1, -0.05) is 171 Å². The number of carboxylic acids is 2. The van der Waals surface area contributed by atoms with Crippen LogP contribution in [-0.2, 0) is 77.9 Å². The standard InChI is InChI=1S/3C7H8O2.2C7H6O2.C6H6.C5H13N.C4H11NO.C3H9NO.4CH3.2H2O.4Zn/c5*8-7(9)6-4-2-1-3-5-6;1-2-4-6-5-3-1;1-4-5-6(2)3;1-5(2)3-4-6;1-4(2)3-5;;;;;;;;;;/h3*1-5,7-9H;2*1-5H,(H,8,9);1-6H;4-5H2,1-3H3;6H,3-4H2,1-2H3;5H,3H2,1-2H3;4*1H3;2*1H2;;;;/q;;;;;;;;;4*-1;;;;;;+2. The van der Waals surface area contributed by atoms with Crippen LogP contribution in [0.3, 0.4) is 0 Å². The fourth-order valence-corrected chi connectivity index (χ4v) is 4.07. The number of benzene rings is 6. The monoisotopic (exact) mass is 1300 g/mol. The second-order valence-corrected chi connectivity index (χ2v) is 14.4. The summed E-state index contributed by atoms with van der Waals surface area (Å²) in [5, 5.41) is 84.5. The largest absolute Gasteiger partial charge is 2.00 e. The topological polar surface area (TPSA) is 309 Å². The van der Waals surface area contributed by atoms with Crippen LogP contribution in [0.1, 0.15) is 69.6 Å². The minimum Gasteiger partial charge on any atom is -0.478 e. The van der Waals surface area contributed by atoms with Crippen LogP contribution >= 0.6 is 0 Å². The molecule has 17 nitrogen and oxygen atoms in total. The summed E-state index contributed by atoms with van der Waals surface area (Å²) in [7, 11) is 11.6. The number of aliphatic hydroxyl groups excluding tert-OH is 5. The van der Waals surface area contributed by atoms with Crippen LogP contribution in [0, 0.1) is 29.7 Å². The molecule has 0 saturated heterocycles. The van der Waals surface area contributed by atoms with Crippen molar-refractivity contribution in [2.24, 2.45) is 0 Å². The quantitative estimate of drug-likeness (QED) is 0.0392. The Hall–Kier alpha value is -3.77. The number of nitrogens with zero attached hydrogens (tertiary/aromatic N) is 3. The van der Waals surface area contributed by atoms with E-state index in [9.17, 15) is 9.59 Å². The molecule has 0 unspecified atom stereocenters. The van der Waals surface area contributed by atoms with E-state index < -0.39 is 30.8 Å². The zero-order chi connectivity index (χ0) is 52.0. The molecule has 0 heterocycles. The van der Waals surface area contributed by atoms with Gasteiger partial charge in [-0.3, -0.25) is 4.90 Å². The first kappa shape index (κ1) is 106. The van der Waals surface area contributed by atoms with Gasteiger partial charge in [0, 0.05) is 81.7 Å². The van der Waals surface area contributed by atoms with Crippen LogP contribution in [0.5, 0.6) is 0 Å². The Bertz CT molecular complexity index is 1790. The van der Waals surface area contributed by atoms with Gasteiger partial charge >= 0.3 is 31.4 Å². The van der Waals surface area contributed by atoms with Gasteiger partial charge in [-0.25, -0.2) is 9.59 Å². The second-order valence-electron chi connectivity index (χ2n) is 14.4. The third-order valence-electron chi connectivity index (χ3n) is 7.50. The van der Waals surface area contributed by atoms with Gasteiger partial charge in [0.15, 0.2) is 18.9 Å². The molecule has 6 aromatic rings. The molecule has 78 heavy (non-hydrogen) atoms. The fourth-order valence-electron chi connectivity index (χ4n) is 4.07. The van der Waals surface area contributed by atoms with Crippen molar-refractivity contribution in [3.63, 3.8) is 0 Å². The molecule has 428 valence electrons. The zero-order valence-electron chi connectivity index (χ0n) is 48.1. The number of carboxylic acid groups (broad SMARTS) is 2. The van der Waals surface area contributed by atoms with Crippen LogP contribution < -0.4 is 0 Å².